The number of para-hydroxylation sites is 1. The second-order valence-electron chi connectivity index (χ2n) is 6.71. The van der Waals surface area contributed by atoms with Crippen molar-refractivity contribution in [3.63, 3.8) is 0 Å². The van der Waals surface area contributed by atoms with Crippen molar-refractivity contribution in [2.24, 2.45) is 5.10 Å². The quantitative estimate of drug-likeness (QED) is 0.183. The Balaban J connectivity index is 1.55. The van der Waals surface area contributed by atoms with E-state index in [4.69, 9.17) is 9.47 Å². The van der Waals surface area contributed by atoms with Crippen LogP contribution in [-0.2, 0) is 17.9 Å². The molecule has 33 heavy (non-hydrogen) atoms. The lowest BCUT2D eigenvalue weighted by Gasteiger charge is -2.09. The third-order valence-electron chi connectivity index (χ3n) is 4.50. The first kappa shape index (κ1) is 23.9. The Hall–Kier alpha value is -3.79. The van der Waals surface area contributed by atoms with Crippen LogP contribution in [0.15, 0.2) is 71.4 Å². The summed E-state index contributed by atoms with van der Waals surface area (Å²) in [6, 6.07) is 15.2. The Bertz CT molecular complexity index is 1100. The molecule has 0 spiro atoms. The van der Waals surface area contributed by atoms with Gasteiger partial charge in [-0.15, -0.1) is 16.8 Å². The van der Waals surface area contributed by atoms with Crippen molar-refractivity contribution in [3.05, 3.63) is 72.6 Å². The zero-order valence-corrected chi connectivity index (χ0v) is 19.3. The van der Waals surface area contributed by atoms with E-state index in [0.29, 0.717) is 35.3 Å². The highest BCUT2D eigenvalue weighted by atomic mass is 32.2. The van der Waals surface area contributed by atoms with Gasteiger partial charge in [-0.3, -0.25) is 4.79 Å². The molecule has 3 rings (SSSR count). The van der Waals surface area contributed by atoms with Crippen LogP contribution in [0, 0.1) is 0 Å². The molecule has 0 saturated carbocycles. The molecule has 2 N–H and O–H groups in total. The Morgan fingerprint density at radius 3 is 2.73 bits per heavy atom. The first-order valence-corrected chi connectivity index (χ1v) is 11.1. The van der Waals surface area contributed by atoms with Gasteiger partial charge in [-0.05, 0) is 24.3 Å². The minimum atomic E-state index is -0.263. The fourth-order valence-corrected chi connectivity index (χ4v) is 3.63. The van der Waals surface area contributed by atoms with Gasteiger partial charge in [0.2, 0.25) is 0 Å². The molecule has 1 heterocycles. The van der Waals surface area contributed by atoms with E-state index >= 15 is 0 Å². The van der Waals surface area contributed by atoms with Crippen LogP contribution in [0.2, 0.25) is 0 Å². The van der Waals surface area contributed by atoms with E-state index < -0.39 is 0 Å². The maximum absolute atomic E-state index is 12.3. The molecule has 0 unspecified atom stereocenters. The van der Waals surface area contributed by atoms with Gasteiger partial charge in [0.1, 0.15) is 11.5 Å². The second-order valence-corrected chi connectivity index (χ2v) is 7.65. The van der Waals surface area contributed by atoms with Crippen LogP contribution in [-0.4, -0.2) is 46.9 Å². The SMILES string of the molecule is C=CCn1c(CNc2ccccc2)nnc1SCC(=O)N/N=C\c1ccc(OC)cc1OC. The zero-order chi connectivity index (χ0) is 23.5. The van der Waals surface area contributed by atoms with Gasteiger partial charge in [0.25, 0.3) is 5.91 Å². The Morgan fingerprint density at radius 2 is 2.00 bits per heavy atom. The topological polar surface area (TPSA) is 103 Å². The molecule has 9 nitrogen and oxygen atoms in total. The summed E-state index contributed by atoms with van der Waals surface area (Å²) in [4.78, 5) is 12.3. The molecule has 0 aliphatic heterocycles. The lowest BCUT2D eigenvalue weighted by atomic mass is 10.2. The molecular formula is C23H26N6O3S. The van der Waals surface area contributed by atoms with Crippen LogP contribution >= 0.6 is 11.8 Å². The summed E-state index contributed by atoms with van der Waals surface area (Å²) in [5.41, 5.74) is 4.23. The van der Waals surface area contributed by atoms with Gasteiger partial charge in [0.05, 0.1) is 32.7 Å². The van der Waals surface area contributed by atoms with Crippen LogP contribution < -0.4 is 20.2 Å². The summed E-state index contributed by atoms with van der Waals surface area (Å²) in [6.07, 6.45) is 3.29. The van der Waals surface area contributed by atoms with E-state index in [1.807, 2.05) is 34.9 Å². The number of ether oxygens (including phenoxy) is 2. The van der Waals surface area contributed by atoms with E-state index in [0.717, 1.165) is 11.5 Å². The van der Waals surface area contributed by atoms with Crippen molar-refractivity contribution in [2.45, 2.75) is 18.2 Å². The molecule has 1 amide bonds. The Labute approximate surface area is 196 Å². The van der Waals surface area contributed by atoms with Crippen molar-refractivity contribution in [1.29, 1.82) is 0 Å². The average molecular weight is 467 g/mol. The molecule has 0 fully saturated rings. The molecule has 0 radical (unpaired) electrons. The standard InChI is InChI=1S/C23H26N6O3S/c1-4-12-29-21(15-24-18-8-6-5-7-9-18)26-28-23(29)33-16-22(30)27-25-14-17-10-11-19(31-2)13-20(17)32-3/h4-11,13-14,24H,1,12,15-16H2,2-3H3,(H,27,30)/b25-14-. The Kier molecular flexibility index (Phi) is 8.89. The van der Waals surface area contributed by atoms with Gasteiger partial charge in [-0.25, -0.2) is 5.43 Å². The number of nitrogens with zero attached hydrogens (tertiary/aromatic N) is 4. The molecule has 0 saturated heterocycles. The van der Waals surface area contributed by atoms with E-state index in [1.165, 1.54) is 18.0 Å². The maximum atomic E-state index is 12.3. The molecule has 0 atom stereocenters. The molecule has 0 aliphatic rings. The van der Waals surface area contributed by atoms with Crippen LogP contribution in [0.5, 0.6) is 11.5 Å². The number of hydrogen-bond donors (Lipinski definition) is 2. The van der Waals surface area contributed by atoms with Crippen LogP contribution in [0.4, 0.5) is 5.69 Å². The molecule has 1 aromatic heterocycles. The van der Waals surface area contributed by atoms with Crippen molar-refractivity contribution in [3.8, 4) is 11.5 Å². The van der Waals surface area contributed by atoms with E-state index in [2.05, 4.69) is 32.6 Å². The lowest BCUT2D eigenvalue weighted by Crippen LogP contribution is -2.20. The third kappa shape index (κ3) is 6.84. The molecular weight excluding hydrogens is 440 g/mol. The number of carbonyl (C=O) groups is 1. The number of methoxy groups -OCH3 is 2. The van der Waals surface area contributed by atoms with Crippen LogP contribution in [0.3, 0.4) is 0 Å². The maximum Gasteiger partial charge on any atom is 0.250 e. The minimum absolute atomic E-state index is 0.137. The van der Waals surface area contributed by atoms with Crippen LogP contribution in [0.25, 0.3) is 0 Å². The number of anilines is 1. The van der Waals surface area contributed by atoms with Crippen molar-refractivity contribution >= 4 is 29.6 Å². The van der Waals surface area contributed by atoms with Crippen molar-refractivity contribution < 1.29 is 14.3 Å². The predicted molar refractivity (Wildman–Crippen MR) is 130 cm³/mol. The lowest BCUT2D eigenvalue weighted by molar-refractivity contribution is -0.118. The number of aromatic nitrogens is 3. The van der Waals surface area contributed by atoms with Crippen molar-refractivity contribution in [2.75, 3.05) is 25.3 Å². The number of thioether (sulfide) groups is 1. The number of benzene rings is 2. The summed E-state index contributed by atoms with van der Waals surface area (Å²) in [5, 5.41) is 16.5. The molecule has 10 heteroatoms. The highest BCUT2D eigenvalue weighted by Gasteiger charge is 2.13. The van der Waals surface area contributed by atoms with Gasteiger partial charge in [0.15, 0.2) is 11.0 Å². The van der Waals surface area contributed by atoms with Gasteiger partial charge in [0, 0.05) is 23.9 Å². The van der Waals surface area contributed by atoms with Gasteiger partial charge in [-0.2, -0.15) is 5.10 Å². The van der Waals surface area contributed by atoms with E-state index in [9.17, 15) is 4.79 Å². The molecule has 0 bridgehead atoms. The predicted octanol–water partition coefficient (Wildman–Crippen LogP) is 3.34. The monoisotopic (exact) mass is 466 g/mol. The normalized spacial score (nSPS) is 10.7. The fraction of sp³-hybridized carbons (Fsp3) is 0.217. The first-order chi connectivity index (χ1) is 16.1. The molecule has 2 aromatic carbocycles. The number of hydrogen-bond acceptors (Lipinski definition) is 8. The summed E-state index contributed by atoms with van der Waals surface area (Å²) >= 11 is 1.28. The molecule has 172 valence electrons. The summed E-state index contributed by atoms with van der Waals surface area (Å²) in [7, 11) is 3.14. The average Bonchev–Trinajstić information content (AvgIpc) is 3.23. The number of carbonyl (C=O) groups excluding carboxylic acids is 1. The van der Waals surface area contributed by atoms with Gasteiger partial charge < -0.3 is 19.4 Å². The number of nitrogens with one attached hydrogen (secondary N) is 2. The fourth-order valence-electron chi connectivity index (χ4n) is 2.87. The van der Waals surface area contributed by atoms with Gasteiger partial charge >= 0.3 is 0 Å². The van der Waals surface area contributed by atoms with E-state index in [1.54, 1.807) is 38.5 Å². The largest absolute Gasteiger partial charge is 0.497 e. The number of hydrazone groups is 1. The number of amides is 1. The highest BCUT2D eigenvalue weighted by Crippen LogP contribution is 2.23. The molecule has 3 aromatic rings. The molecule has 0 aliphatic carbocycles. The smallest absolute Gasteiger partial charge is 0.250 e. The minimum Gasteiger partial charge on any atom is -0.497 e. The summed E-state index contributed by atoms with van der Waals surface area (Å²) in [5.74, 6) is 1.90. The number of rotatable bonds is 12. The summed E-state index contributed by atoms with van der Waals surface area (Å²) < 4.78 is 12.4. The van der Waals surface area contributed by atoms with Crippen molar-refractivity contribution in [1.82, 2.24) is 20.2 Å². The van der Waals surface area contributed by atoms with Gasteiger partial charge in [-0.1, -0.05) is 36.0 Å². The first-order valence-electron chi connectivity index (χ1n) is 10.1. The Morgan fingerprint density at radius 1 is 1.18 bits per heavy atom. The highest BCUT2D eigenvalue weighted by molar-refractivity contribution is 7.99. The van der Waals surface area contributed by atoms with E-state index in [-0.39, 0.29) is 11.7 Å². The summed E-state index contributed by atoms with van der Waals surface area (Å²) in [6.45, 7) is 4.85. The van der Waals surface area contributed by atoms with Crippen LogP contribution in [0.1, 0.15) is 11.4 Å². The second kappa shape index (κ2) is 12.3. The number of allylic oxidation sites excluding steroid dienone is 1. The zero-order valence-electron chi connectivity index (χ0n) is 18.5. The third-order valence-corrected chi connectivity index (χ3v) is 5.46.